The van der Waals surface area contributed by atoms with E-state index in [1.165, 1.54) is 0 Å². The van der Waals surface area contributed by atoms with Crippen molar-refractivity contribution in [2.75, 3.05) is 5.75 Å². The van der Waals surface area contributed by atoms with Gasteiger partial charge in [0, 0.05) is 10.7 Å². The van der Waals surface area contributed by atoms with E-state index in [2.05, 4.69) is 27.7 Å². The van der Waals surface area contributed by atoms with Crippen molar-refractivity contribution in [2.45, 2.75) is 40.5 Å². The van der Waals surface area contributed by atoms with Crippen LogP contribution in [0.15, 0.2) is 0 Å². The number of rotatable bonds is 4. The molecule has 0 rings (SSSR count). The van der Waals surface area contributed by atoms with Crippen LogP contribution < -0.4 is 0 Å². The number of halogens is 1. The molecule has 1 atom stereocenters. The smallest absolute Gasteiger partial charge is 0.212 e. The summed E-state index contributed by atoms with van der Waals surface area (Å²) in [5, 5.41) is 0. The Morgan fingerprint density at radius 3 is 2.08 bits per heavy atom. The molecule has 0 spiro atoms. The first-order chi connectivity index (χ1) is 5.60. The molecule has 2 nitrogen and oxygen atoms in total. The van der Waals surface area contributed by atoms with Crippen molar-refractivity contribution in [3.63, 3.8) is 0 Å². The Kier molecular flexibility index (Phi) is 4.73. The minimum Gasteiger partial charge on any atom is -0.212 e. The molecular formula is C9H19ClO2S. The number of hydrogen-bond donors (Lipinski definition) is 0. The molecule has 80 valence electrons. The summed E-state index contributed by atoms with van der Waals surface area (Å²) in [4.78, 5) is 0. The van der Waals surface area contributed by atoms with E-state index < -0.39 is 9.05 Å². The zero-order valence-corrected chi connectivity index (χ0v) is 10.4. The first-order valence-electron chi connectivity index (χ1n) is 4.52. The summed E-state index contributed by atoms with van der Waals surface area (Å²) in [7, 11) is 1.82. The van der Waals surface area contributed by atoms with Crippen molar-refractivity contribution in [3.8, 4) is 0 Å². The van der Waals surface area contributed by atoms with Crippen LogP contribution in [0.25, 0.3) is 0 Å². The van der Waals surface area contributed by atoms with E-state index in [-0.39, 0.29) is 11.2 Å². The Balaban J connectivity index is 3.84. The second-order valence-corrected chi connectivity index (χ2v) is 7.80. The Morgan fingerprint density at radius 2 is 1.77 bits per heavy atom. The Bertz CT molecular complexity index is 239. The first-order valence-corrected chi connectivity index (χ1v) is 7.00. The zero-order chi connectivity index (χ0) is 10.7. The second-order valence-electron chi connectivity index (χ2n) is 4.90. The van der Waals surface area contributed by atoms with Crippen molar-refractivity contribution in [1.82, 2.24) is 0 Å². The average Bonchev–Trinajstić information content (AvgIpc) is 1.78. The minimum atomic E-state index is -3.30. The summed E-state index contributed by atoms with van der Waals surface area (Å²) in [6, 6.07) is 0. The Labute approximate surface area is 86.1 Å². The molecule has 4 heteroatoms. The molecule has 0 aromatic carbocycles. The summed E-state index contributed by atoms with van der Waals surface area (Å²) in [5.74, 6) is 0.500. The van der Waals surface area contributed by atoms with Crippen LogP contribution in [0.5, 0.6) is 0 Å². The summed E-state index contributed by atoms with van der Waals surface area (Å²) in [5.41, 5.74) is 0.259. The van der Waals surface area contributed by atoms with E-state index in [0.29, 0.717) is 12.3 Å². The third kappa shape index (κ3) is 10.2. The molecule has 0 amide bonds. The van der Waals surface area contributed by atoms with Crippen LogP contribution in [0.4, 0.5) is 0 Å². The fourth-order valence-corrected chi connectivity index (χ4v) is 2.44. The lowest BCUT2D eigenvalue weighted by Gasteiger charge is -2.22. The summed E-state index contributed by atoms with van der Waals surface area (Å²) < 4.78 is 21.3. The minimum absolute atomic E-state index is 0.0891. The quantitative estimate of drug-likeness (QED) is 0.691. The van der Waals surface area contributed by atoms with Gasteiger partial charge in [0.1, 0.15) is 0 Å². The van der Waals surface area contributed by atoms with Crippen LogP contribution in [0.3, 0.4) is 0 Å². The number of hydrogen-bond acceptors (Lipinski definition) is 2. The summed E-state index contributed by atoms with van der Waals surface area (Å²) in [6.07, 6.45) is 1.68. The molecule has 0 heterocycles. The maximum absolute atomic E-state index is 10.7. The first kappa shape index (κ1) is 13.2. The molecule has 0 aromatic heterocycles. The maximum Gasteiger partial charge on any atom is 0.232 e. The fourth-order valence-electron chi connectivity index (χ4n) is 1.49. The highest BCUT2D eigenvalue weighted by atomic mass is 35.7. The van der Waals surface area contributed by atoms with Gasteiger partial charge in [0.05, 0.1) is 5.75 Å². The molecule has 0 N–H and O–H groups in total. The maximum atomic E-state index is 10.7. The largest absolute Gasteiger partial charge is 0.232 e. The van der Waals surface area contributed by atoms with Gasteiger partial charge in [0.25, 0.3) is 0 Å². The lowest BCUT2D eigenvalue weighted by atomic mass is 9.84. The SMILES string of the molecule is CC(CCS(=O)(=O)Cl)CC(C)(C)C. The van der Waals surface area contributed by atoms with E-state index in [0.717, 1.165) is 6.42 Å². The van der Waals surface area contributed by atoms with Gasteiger partial charge in [0.2, 0.25) is 9.05 Å². The topological polar surface area (TPSA) is 34.1 Å². The van der Waals surface area contributed by atoms with E-state index in [1.54, 1.807) is 0 Å². The van der Waals surface area contributed by atoms with Crippen LogP contribution >= 0.6 is 10.7 Å². The standard InChI is InChI=1S/C9H19ClO2S/c1-8(7-9(2,3)4)5-6-13(10,11)12/h8H,5-7H2,1-4H3. The van der Waals surface area contributed by atoms with Gasteiger partial charge in [-0.1, -0.05) is 27.7 Å². The normalized spacial score (nSPS) is 15.8. The van der Waals surface area contributed by atoms with Gasteiger partial charge in [-0.25, -0.2) is 8.42 Å². The van der Waals surface area contributed by atoms with Crippen molar-refractivity contribution in [2.24, 2.45) is 11.3 Å². The molecule has 0 saturated carbocycles. The van der Waals surface area contributed by atoms with Crippen molar-refractivity contribution in [3.05, 3.63) is 0 Å². The van der Waals surface area contributed by atoms with Crippen molar-refractivity contribution < 1.29 is 8.42 Å². The van der Waals surface area contributed by atoms with E-state index in [9.17, 15) is 8.42 Å². The average molecular weight is 227 g/mol. The van der Waals surface area contributed by atoms with Gasteiger partial charge in [-0.3, -0.25) is 0 Å². The Morgan fingerprint density at radius 1 is 1.31 bits per heavy atom. The third-order valence-corrected chi connectivity index (χ3v) is 3.00. The predicted molar refractivity (Wildman–Crippen MR) is 57.5 cm³/mol. The lowest BCUT2D eigenvalue weighted by molar-refractivity contribution is 0.303. The third-order valence-electron chi connectivity index (χ3n) is 1.82. The highest BCUT2D eigenvalue weighted by Gasteiger charge is 2.16. The predicted octanol–water partition coefficient (Wildman–Crippen LogP) is 3.02. The second kappa shape index (κ2) is 4.65. The monoisotopic (exact) mass is 226 g/mol. The molecule has 0 aromatic rings. The van der Waals surface area contributed by atoms with E-state index >= 15 is 0 Å². The highest BCUT2D eigenvalue weighted by Crippen LogP contribution is 2.26. The van der Waals surface area contributed by atoms with E-state index in [1.807, 2.05) is 0 Å². The molecule has 1 unspecified atom stereocenters. The fraction of sp³-hybridized carbons (Fsp3) is 1.00. The molecule has 0 aliphatic rings. The van der Waals surface area contributed by atoms with Gasteiger partial charge < -0.3 is 0 Å². The van der Waals surface area contributed by atoms with Crippen molar-refractivity contribution in [1.29, 1.82) is 0 Å². The van der Waals surface area contributed by atoms with Crippen LogP contribution in [0.2, 0.25) is 0 Å². The van der Waals surface area contributed by atoms with Crippen LogP contribution in [0, 0.1) is 11.3 Å². The van der Waals surface area contributed by atoms with Gasteiger partial charge in [-0.15, -0.1) is 0 Å². The molecule has 0 aliphatic heterocycles. The molecule has 13 heavy (non-hydrogen) atoms. The van der Waals surface area contributed by atoms with Crippen LogP contribution in [-0.4, -0.2) is 14.2 Å². The van der Waals surface area contributed by atoms with Crippen molar-refractivity contribution >= 4 is 19.7 Å². The van der Waals surface area contributed by atoms with Gasteiger partial charge in [-0.2, -0.15) is 0 Å². The van der Waals surface area contributed by atoms with Gasteiger partial charge >= 0.3 is 0 Å². The molecule has 0 aliphatic carbocycles. The molecule has 0 saturated heterocycles. The molecule has 0 bridgehead atoms. The molecule has 0 fully saturated rings. The highest BCUT2D eigenvalue weighted by molar-refractivity contribution is 8.13. The zero-order valence-electron chi connectivity index (χ0n) is 8.80. The summed E-state index contributed by atoms with van der Waals surface area (Å²) in [6.45, 7) is 8.52. The van der Waals surface area contributed by atoms with E-state index in [4.69, 9.17) is 10.7 Å². The van der Waals surface area contributed by atoms with Gasteiger partial charge in [-0.05, 0) is 24.2 Å². The molecule has 0 radical (unpaired) electrons. The molecular weight excluding hydrogens is 208 g/mol. The lowest BCUT2D eigenvalue weighted by Crippen LogP contribution is -2.13. The van der Waals surface area contributed by atoms with Crippen LogP contribution in [0.1, 0.15) is 40.5 Å². The Hall–Kier alpha value is 0.240. The summed E-state index contributed by atoms with van der Waals surface area (Å²) >= 11 is 0. The van der Waals surface area contributed by atoms with Crippen LogP contribution in [-0.2, 0) is 9.05 Å². The van der Waals surface area contributed by atoms with Gasteiger partial charge in [0.15, 0.2) is 0 Å².